The zero-order chi connectivity index (χ0) is 21.2. The molecule has 5 rings (SSSR count). The fourth-order valence-electron chi connectivity index (χ4n) is 3.92. The van der Waals surface area contributed by atoms with Crippen molar-refractivity contribution in [1.29, 1.82) is 0 Å². The van der Waals surface area contributed by atoms with Crippen LogP contribution in [0.15, 0.2) is 41.4 Å². The highest BCUT2D eigenvalue weighted by atomic mass is 16.6. The van der Waals surface area contributed by atoms with Gasteiger partial charge in [-0.15, -0.1) is 10.2 Å². The van der Waals surface area contributed by atoms with Crippen LogP contribution in [0.3, 0.4) is 0 Å². The standard InChI is InChI=1S/C22H24N6O3/c29-21-17-4-2-1-3-16(17)20(24-21)28-13-11-27(12-14-28)18-7-8-19(26-25-18)31-22(30)23-10-9-15-5-6-15/h1-4,7-8,15H,5-6,9-14H2,(H,23,30). The van der Waals surface area contributed by atoms with Crippen molar-refractivity contribution in [3.8, 4) is 5.88 Å². The summed E-state index contributed by atoms with van der Waals surface area (Å²) in [5.74, 6) is 2.25. The van der Waals surface area contributed by atoms with Gasteiger partial charge in [-0.3, -0.25) is 4.79 Å². The molecule has 1 aromatic carbocycles. The molecule has 1 N–H and O–H groups in total. The summed E-state index contributed by atoms with van der Waals surface area (Å²) in [5, 5.41) is 11.0. The van der Waals surface area contributed by atoms with E-state index in [0.29, 0.717) is 12.1 Å². The lowest BCUT2D eigenvalue weighted by molar-refractivity contribution is 0.101. The van der Waals surface area contributed by atoms with Crippen LogP contribution in [0.4, 0.5) is 10.6 Å². The zero-order valence-corrected chi connectivity index (χ0v) is 17.2. The zero-order valence-electron chi connectivity index (χ0n) is 17.2. The number of amides is 2. The van der Waals surface area contributed by atoms with Gasteiger partial charge in [0.15, 0.2) is 5.82 Å². The lowest BCUT2D eigenvalue weighted by Crippen LogP contribution is -2.49. The van der Waals surface area contributed by atoms with Gasteiger partial charge in [0.05, 0.1) is 5.56 Å². The molecule has 0 atom stereocenters. The van der Waals surface area contributed by atoms with E-state index >= 15 is 0 Å². The molecule has 1 saturated heterocycles. The predicted molar refractivity (Wildman–Crippen MR) is 114 cm³/mol. The average molecular weight is 420 g/mol. The summed E-state index contributed by atoms with van der Waals surface area (Å²) in [7, 11) is 0. The summed E-state index contributed by atoms with van der Waals surface area (Å²) in [6, 6.07) is 11.0. The Hall–Kier alpha value is -3.49. The third-order valence-corrected chi connectivity index (χ3v) is 5.85. The third-order valence-electron chi connectivity index (χ3n) is 5.85. The number of aliphatic imine (C=N–C) groups is 1. The monoisotopic (exact) mass is 420 g/mol. The molecule has 2 aromatic rings. The fourth-order valence-corrected chi connectivity index (χ4v) is 3.92. The molecule has 2 aliphatic heterocycles. The number of rotatable bonds is 5. The highest BCUT2D eigenvalue weighted by Gasteiger charge is 2.29. The molecule has 31 heavy (non-hydrogen) atoms. The van der Waals surface area contributed by atoms with E-state index in [0.717, 1.165) is 55.7 Å². The minimum atomic E-state index is -0.497. The van der Waals surface area contributed by atoms with Gasteiger partial charge in [-0.2, -0.15) is 4.99 Å². The van der Waals surface area contributed by atoms with E-state index in [1.54, 1.807) is 12.1 Å². The average Bonchev–Trinajstić information content (AvgIpc) is 3.56. The largest absolute Gasteiger partial charge is 0.413 e. The van der Waals surface area contributed by atoms with Crippen LogP contribution in [0, 0.1) is 5.92 Å². The third kappa shape index (κ3) is 4.35. The Morgan fingerprint density at radius 2 is 1.74 bits per heavy atom. The molecule has 3 aliphatic rings. The minimum Gasteiger partial charge on any atom is -0.390 e. The van der Waals surface area contributed by atoms with E-state index in [1.807, 2.05) is 24.3 Å². The normalized spacial score (nSPS) is 17.9. The maximum absolute atomic E-state index is 12.1. The van der Waals surface area contributed by atoms with E-state index in [1.165, 1.54) is 12.8 Å². The lowest BCUT2D eigenvalue weighted by atomic mass is 10.1. The second-order valence-electron chi connectivity index (χ2n) is 8.04. The topological polar surface area (TPSA) is 100 Å². The minimum absolute atomic E-state index is 0.175. The first-order valence-electron chi connectivity index (χ1n) is 10.7. The van der Waals surface area contributed by atoms with E-state index in [2.05, 4.69) is 30.3 Å². The molecule has 0 radical (unpaired) electrons. The summed E-state index contributed by atoms with van der Waals surface area (Å²) >= 11 is 0. The van der Waals surface area contributed by atoms with Crippen molar-refractivity contribution in [2.45, 2.75) is 19.3 Å². The molecule has 2 fully saturated rings. The number of carbonyl (C=O) groups is 2. The molecule has 1 aliphatic carbocycles. The number of carbonyl (C=O) groups excluding carboxylic acids is 2. The van der Waals surface area contributed by atoms with Crippen molar-refractivity contribution >= 4 is 23.7 Å². The second kappa shape index (κ2) is 8.33. The SMILES string of the molecule is O=C(NCCC1CC1)Oc1ccc(N2CCN(C3=NC(=O)c4ccccc43)CC2)nn1. The van der Waals surface area contributed by atoms with Crippen LogP contribution in [0.5, 0.6) is 5.88 Å². The van der Waals surface area contributed by atoms with Crippen LogP contribution >= 0.6 is 0 Å². The summed E-state index contributed by atoms with van der Waals surface area (Å²) in [4.78, 5) is 32.4. The Bertz CT molecular complexity index is 1010. The smallest absolute Gasteiger partial charge is 0.390 e. The molecule has 1 aromatic heterocycles. The Labute approximate surface area is 180 Å². The van der Waals surface area contributed by atoms with Crippen LogP contribution in [0.1, 0.15) is 35.2 Å². The molecular weight excluding hydrogens is 396 g/mol. The van der Waals surface area contributed by atoms with Crippen LogP contribution in [-0.4, -0.2) is 65.7 Å². The van der Waals surface area contributed by atoms with Gasteiger partial charge in [-0.05, 0) is 24.5 Å². The molecule has 0 spiro atoms. The summed E-state index contributed by atoms with van der Waals surface area (Å²) < 4.78 is 5.19. The number of fused-ring (bicyclic) bond motifs is 1. The number of ether oxygens (including phenoxy) is 1. The first kappa shape index (κ1) is 19.5. The highest BCUT2D eigenvalue weighted by Crippen LogP contribution is 2.31. The van der Waals surface area contributed by atoms with Crippen LogP contribution < -0.4 is 15.0 Å². The molecular formula is C22H24N6O3. The van der Waals surface area contributed by atoms with Gasteiger partial charge in [0, 0.05) is 44.4 Å². The number of hydrogen-bond donors (Lipinski definition) is 1. The van der Waals surface area contributed by atoms with E-state index in [4.69, 9.17) is 4.74 Å². The Kier molecular flexibility index (Phi) is 5.23. The first-order valence-corrected chi connectivity index (χ1v) is 10.7. The van der Waals surface area contributed by atoms with Crippen LogP contribution in [0.25, 0.3) is 0 Å². The van der Waals surface area contributed by atoms with Crippen molar-refractivity contribution in [2.24, 2.45) is 10.9 Å². The molecule has 0 bridgehead atoms. The predicted octanol–water partition coefficient (Wildman–Crippen LogP) is 2.09. The highest BCUT2D eigenvalue weighted by molar-refractivity contribution is 6.20. The van der Waals surface area contributed by atoms with Gasteiger partial charge in [0.2, 0.25) is 5.88 Å². The molecule has 9 nitrogen and oxygen atoms in total. The van der Waals surface area contributed by atoms with E-state index in [-0.39, 0.29) is 11.8 Å². The molecule has 3 heterocycles. The van der Waals surface area contributed by atoms with Gasteiger partial charge in [0.25, 0.3) is 5.91 Å². The van der Waals surface area contributed by atoms with Crippen LogP contribution in [0.2, 0.25) is 0 Å². The number of anilines is 1. The van der Waals surface area contributed by atoms with Gasteiger partial charge >= 0.3 is 6.09 Å². The van der Waals surface area contributed by atoms with Crippen molar-refractivity contribution in [1.82, 2.24) is 20.4 Å². The first-order chi connectivity index (χ1) is 15.2. The van der Waals surface area contributed by atoms with Crippen molar-refractivity contribution in [3.05, 3.63) is 47.5 Å². The number of amidine groups is 1. The quantitative estimate of drug-likeness (QED) is 0.790. The Balaban J connectivity index is 1.13. The van der Waals surface area contributed by atoms with E-state index < -0.39 is 6.09 Å². The number of piperazine rings is 1. The number of aromatic nitrogens is 2. The van der Waals surface area contributed by atoms with Gasteiger partial charge in [-0.1, -0.05) is 31.0 Å². The number of benzene rings is 1. The number of nitrogens with zero attached hydrogens (tertiary/aromatic N) is 5. The second-order valence-corrected chi connectivity index (χ2v) is 8.04. The lowest BCUT2D eigenvalue weighted by Gasteiger charge is -2.36. The maximum Gasteiger partial charge on any atom is 0.413 e. The molecule has 9 heteroatoms. The fraction of sp³-hybridized carbons (Fsp3) is 0.409. The summed E-state index contributed by atoms with van der Waals surface area (Å²) in [6.07, 6.45) is 3.02. The number of hydrogen-bond acceptors (Lipinski definition) is 7. The Morgan fingerprint density at radius 3 is 2.45 bits per heavy atom. The number of nitrogens with one attached hydrogen (secondary N) is 1. The van der Waals surface area contributed by atoms with Crippen molar-refractivity contribution in [2.75, 3.05) is 37.6 Å². The van der Waals surface area contributed by atoms with Gasteiger partial charge < -0.3 is 19.9 Å². The molecule has 0 unspecified atom stereocenters. The maximum atomic E-state index is 12.1. The van der Waals surface area contributed by atoms with E-state index in [9.17, 15) is 9.59 Å². The van der Waals surface area contributed by atoms with Gasteiger partial charge in [0.1, 0.15) is 5.84 Å². The van der Waals surface area contributed by atoms with Crippen LogP contribution in [-0.2, 0) is 0 Å². The van der Waals surface area contributed by atoms with Crippen molar-refractivity contribution < 1.29 is 14.3 Å². The molecule has 2 amide bonds. The summed E-state index contributed by atoms with van der Waals surface area (Å²) in [5.41, 5.74) is 1.57. The molecule has 160 valence electrons. The Morgan fingerprint density at radius 1 is 1.00 bits per heavy atom. The van der Waals surface area contributed by atoms with Gasteiger partial charge in [-0.25, -0.2) is 4.79 Å². The molecule has 1 saturated carbocycles. The van der Waals surface area contributed by atoms with Crippen molar-refractivity contribution in [3.63, 3.8) is 0 Å². The summed E-state index contributed by atoms with van der Waals surface area (Å²) in [6.45, 7) is 3.53.